The van der Waals surface area contributed by atoms with Gasteiger partial charge in [-0.15, -0.1) is 0 Å². The summed E-state index contributed by atoms with van der Waals surface area (Å²) in [6.07, 6.45) is 57.6. The van der Waals surface area contributed by atoms with Gasteiger partial charge in [-0.2, -0.15) is 17.6 Å². The molecule has 4 aliphatic carbocycles. The van der Waals surface area contributed by atoms with E-state index in [1.54, 1.807) is 0 Å². The third kappa shape index (κ3) is 29.5. The van der Waals surface area contributed by atoms with Crippen molar-refractivity contribution >= 4 is 23.9 Å². The first-order valence-corrected chi connectivity index (χ1v) is 37.7. The zero-order valence-corrected chi connectivity index (χ0v) is 57.1. The van der Waals surface area contributed by atoms with Gasteiger partial charge in [0.1, 0.15) is 0 Å². The van der Waals surface area contributed by atoms with Gasteiger partial charge in [0.2, 0.25) is 23.3 Å². The summed E-state index contributed by atoms with van der Waals surface area (Å²) in [5.74, 6) is -7.52. The molecule has 6 rings (SSSR count). The first-order chi connectivity index (χ1) is 43.8. The molecule has 0 N–H and O–H groups in total. The van der Waals surface area contributed by atoms with E-state index in [1.165, 1.54) is 243 Å². The maximum absolute atomic E-state index is 14.9. The van der Waals surface area contributed by atoms with E-state index in [0.717, 1.165) is 103 Å². The molecule has 512 valence electrons. The molecule has 0 atom stereocenters. The highest BCUT2D eigenvalue weighted by atomic mass is 19.2. The molecule has 2 aromatic rings. The van der Waals surface area contributed by atoms with Crippen LogP contribution in [0.1, 0.15) is 349 Å². The summed E-state index contributed by atoms with van der Waals surface area (Å²) in [7, 11) is 0. The summed E-state index contributed by atoms with van der Waals surface area (Å²) in [6, 6.07) is 4.80. The van der Waals surface area contributed by atoms with Crippen molar-refractivity contribution in [2.45, 2.75) is 349 Å². The fourth-order valence-electron chi connectivity index (χ4n) is 14.8. The summed E-state index contributed by atoms with van der Waals surface area (Å²) >= 11 is 0. The highest BCUT2D eigenvalue weighted by molar-refractivity contribution is 5.77. The summed E-state index contributed by atoms with van der Waals surface area (Å²) in [6.45, 7) is 8.96. The fourth-order valence-corrected chi connectivity index (χ4v) is 14.8. The smallest absolute Gasteiger partial charge is 0.314 e. The minimum Gasteiger partial charge on any atom is -0.423 e. The molecule has 4 fully saturated rings. The van der Waals surface area contributed by atoms with E-state index >= 15 is 0 Å². The van der Waals surface area contributed by atoms with Crippen LogP contribution in [0.15, 0.2) is 24.3 Å². The highest BCUT2D eigenvalue weighted by Crippen LogP contribution is 2.39. The first-order valence-electron chi connectivity index (χ1n) is 37.7. The van der Waals surface area contributed by atoms with Crippen molar-refractivity contribution in [2.24, 2.45) is 47.3 Å². The van der Waals surface area contributed by atoms with E-state index in [2.05, 4.69) is 27.7 Å². The van der Waals surface area contributed by atoms with E-state index in [0.29, 0.717) is 23.7 Å². The van der Waals surface area contributed by atoms with Crippen molar-refractivity contribution in [3.63, 3.8) is 0 Å². The van der Waals surface area contributed by atoms with Gasteiger partial charge in [0.25, 0.3) is 0 Å². The van der Waals surface area contributed by atoms with Crippen molar-refractivity contribution in [3.05, 3.63) is 47.5 Å². The standard InChI is InChI=1S/C40H64F2O4.C38H60F2O4/c1-3-5-7-9-11-13-15-17-19-31-21-25-33(26-22-31)39(43)45-35-29-30-36(38(42)37(35)41)46-40(44)34-27-23-32(24-28-34)20-18-16-14-12-10-8-6-4-2;1-3-5-7-9-11-13-15-17-29-19-23-31(24-20-29)37(41)43-33-27-28-34(36(40)35(33)39)44-38(42)32-25-21-30(22-26-32)18-16-14-12-10-8-6-4-2/h29-34H,3-28H2,1-2H3;27-32H,3-26H2,1-2H3. The van der Waals surface area contributed by atoms with Crippen LogP contribution >= 0.6 is 0 Å². The van der Waals surface area contributed by atoms with E-state index in [-0.39, 0.29) is 23.7 Å². The van der Waals surface area contributed by atoms with Crippen LogP contribution in [0.25, 0.3) is 0 Å². The second kappa shape index (κ2) is 46.2. The quantitative estimate of drug-likeness (QED) is 0.0280. The van der Waals surface area contributed by atoms with Crippen LogP contribution in [0.3, 0.4) is 0 Å². The Kier molecular flexibility index (Phi) is 39.4. The number of ether oxygens (including phenoxy) is 4. The van der Waals surface area contributed by atoms with Gasteiger partial charge in [-0.25, -0.2) is 0 Å². The Hall–Kier alpha value is -3.96. The van der Waals surface area contributed by atoms with Crippen LogP contribution in [-0.2, 0) is 19.2 Å². The average Bonchev–Trinajstić information content (AvgIpc) is 1.71. The molecule has 0 spiro atoms. The molecule has 0 radical (unpaired) electrons. The predicted molar refractivity (Wildman–Crippen MR) is 357 cm³/mol. The summed E-state index contributed by atoms with van der Waals surface area (Å²) < 4.78 is 80.7. The number of hydrogen-bond acceptors (Lipinski definition) is 8. The van der Waals surface area contributed by atoms with Crippen LogP contribution in [0.4, 0.5) is 17.6 Å². The molecule has 4 aliphatic rings. The number of carbonyl (C=O) groups excluding carboxylic acids is 4. The lowest BCUT2D eigenvalue weighted by Gasteiger charge is -2.27. The van der Waals surface area contributed by atoms with Gasteiger partial charge in [0, 0.05) is 0 Å². The molecule has 0 bridgehead atoms. The Balaban J connectivity index is 0.000000328. The van der Waals surface area contributed by atoms with Crippen molar-refractivity contribution < 1.29 is 55.7 Å². The molecule has 4 saturated carbocycles. The highest BCUT2D eigenvalue weighted by Gasteiger charge is 2.34. The SMILES string of the molecule is CCCCCCCCCC1CCC(C(=O)Oc2ccc(OC(=O)C3CCC(CCCCCCCCC)CC3)c(F)c2F)CC1.CCCCCCCCCCC1CCC(C(=O)Oc2ccc(OC(=O)C3CCC(CCCCCCCCCC)CC3)c(F)c2F)CC1. The molecule has 2 aromatic carbocycles. The van der Waals surface area contributed by atoms with Gasteiger partial charge in [0.05, 0.1) is 23.7 Å². The topological polar surface area (TPSA) is 105 Å². The van der Waals surface area contributed by atoms with Crippen molar-refractivity contribution in [2.75, 3.05) is 0 Å². The molecular weight excluding hydrogens is 1140 g/mol. The third-order valence-electron chi connectivity index (χ3n) is 20.9. The van der Waals surface area contributed by atoms with Crippen molar-refractivity contribution in [1.29, 1.82) is 0 Å². The Morgan fingerprint density at radius 1 is 0.267 bits per heavy atom. The van der Waals surface area contributed by atoms with Gasteiger partial charge in [0.15, 0.2) is 23.0 Å². The fraction of sp³-hybridized carbons (Fsp3) is 0.795. The van der Waals surface area contributed by atoms with E-state index in [9.17, 15) is 36.7 Å². The van der Waals surface area contributed by atoms with Gasteiger partial charge in [-0.05, 0) is 151 Å². The lowest BCUT2D eigenvalue weighted by atomic mass is 9.79. The number of rotatable bonds is 42. The molecule has 8 nitrogen and oxygen atoms in total. The Morgan fingerprint density at radius 2 is 0.422 bits per heavy atom. The predicted octanol–water partition coefficient (Wildman–Crippen LogP) is 24.1. The number of carbonyl (C=O) groups is 4. The second-order valence-corrected chi connectivity index (χ2v) is 28.3. The number of hydrogen-bond donors (Lipinski definition) is 0. The van der Waals surface area contributed by atoms with Gasteiger partial charge >= 0.3 is 23.9 Å². The molecule has 0 heterocycles. The van der Waals surface area contributed by atoms with Crippen LogP contribution < -0.4 is 18.9 Å². The molecule has 12 heteroatoms. The molecule has 0 saturated heterocycles. The van der Waals surface area contributed by atoms with Crippen LogP contribution in [-0.4, -0.2) is 23.9 Å². The maximum Gasteiger partial charge on any atom is 0.314 e. The van der Waals surface area contributed by atoms with Crippen LogP contribution in [0, 0.1) is 70.6 Å². The number of esters is 4. The molecule has 0 aromatic heterocycles. The normalized spacial score (nSPS) is 21.9. The molecule has 0 aliphatic heterocycles. The van der Waals surface area contributed by atoms with Gasteiger partial charge < -0.3 is 18.9 Å². The number of benzene rings is 2. The van der Waals surface area contributed by atoms with E-state index in [1.807, 2.05) is 0 Å². The number of unbranched alkanes of at least 4 members (excludes halogenated alkanes) is 26. The summed E-state index contributed by atoms with van der Waals surface area (Å²) in [4.78, 5) is 51.1. The monoisotopic (exact) mass is 1260 g/mol. The second-order valence-electron chi connectivity index (χ2n) is 28.3. The van der Waals surface area contributed by atoms with Gasteiger partial charge in [-0.3, -0.25) is 19.2 Å². The first kappa shape index (κ1) is 76.7. The Morgan fingerprint density at radius 3 is 0.589 bits per heavy atom. The minimum absolute atomic E-state index is 0.291. The summed E-state index contributed by atoms with van der Waals surface area (Å²) in [5.41, 5.74) is 0. The Labute approximate surface area is 543 Å². The molecule has 0 unspecified atom stereocenters. The van der Waals surface area contributed by atoms with Crippen molar-refractivity contribution in [1.82, 2.24) is 0 Å². The summed E-state index contributed by atoms with van der Waals surface area (Å²) in [5, 5.41) is 0. The van der Waals surface area contributed by atoms with Crippen molar-refractivity contribution in [3.8, 4) is 23.0 Å². The Bertz CT molecular complexity index is 2120. The van der Waals surface area contributed by atoms with E-state index in [4.69, 9.17) is 18.9 Å². The largest absolute Gasteiger partial charge is 0.423 e. The average molecular weight is 1270 g/mol. The third-order valence-corrected chi connectivity index (χ3v) is 20.9. The van der Waals surface area contributed by atoms with Gasteiger partial charge in [-0.1, -0.05) is 246 Å². The molecule has 90 heavy (non-hydrogen) atoms. The zero-order valence-electron chi connectivity index (χ0n) is 57.1. The zero-order chi connectivity index (χ0) is 64.6. The lowest BCUT2D eigenvalue weighted by molar-refractivity contribution is -0.141. The number of halogens is 4. The molecule has 0 amide bonds. The molecular formula is C78H124F4O8. The lowest BCUT2D eigenvalue weighted by Crippen LogP contribution is -2.27. The van der Waals surface area contributed by atoms with Crippen LogP contribution in [0.5, 0.6) is 23.0 Å². The minimum atomic E-state index is -1.28. The van der Waals surface area contributed by atoms with Crippen LogP contribution in [0.2, 0.25) is 0 Å². The maximum atomic E-state index is 14.9. The van der Waals surface area contributed by atoms with E-state index < -0.39 is 70.1 Å².